The molecule has 2 aromatic carbocycles. The zero-order valence-electron chi connectivity index (χ0n) is 16.6. The number of guanidine groups is 1. The standard InChI is InChI=1S/C23H31N3O2/c1-2-24-23(25-16-15-21(27)18-9-4-3-5-10-18)26-17-19-11-6-7-14-22(19)28-20-12-8-13-20/h3-7,9-11,14,20-21,27H,2,8,12-13,15-17H2,1H3,(H2,24,25,26). The molecule has 1 aliphatic carbocycles. The van der Waals surface area contributed by atoms with Gasteiger partial charge in [-0.15, -0.1) is 0 Å². The lowest BCUT2D eigenvalue weighted by Crippen LogP contribution is -2.38. The highest BCUT2D eigenvalue weighted by molar-refractivity contribution is 5.79. The van der Waals surface area contributed by atoms with Crippen LogP contribution in [0, 0.1) is 0 Å². The number of ether oxygens (including phenoxy) is 1. The second-order valence-corrected chi connectivity index (χ2v) is 7.12. The number of aliphatic imine (C=N–C) groups is 1. The zero-order chi connectivity index (χ0) is 19.6. The van der Waals surface area contributed by atoms with Crippen molar-refractivity contribution in [3.05, 3.63) is 65.7 Å². The molecule has 150 valence electrons. The summed E-state index contributed by atoms with van der Waals surface area (Å²) in [6, 6.07) is 17.9. The second kappa shape index (κ2) is 10.7. The van der Waals surface area contributed by atoms with Crippen LogP contribution in [0.5, 0.6) is 5.75 Å². The largest absolute Gasteiger partial charge is 0.490 e. The van der Waals surface area contributed by atoms with Gasteiger partial charge < -0.3 is 20.5 Å². The summed E-state index contributed by atoms with van der Waals surface area (Å²) in [6.45, 7) is 4.03. The first-order valence-electron chi connectivity index (χ1n) is 10.3. The molecule has 1 fully saturated rings. The topological polar surface area (TPSA) is 65.9 Å². The first-order valence-corrected chi connectivity index (χ1v) is 10.3. The minimum atomic E-state index is -0.479. The third-order valence-corrected chi connectivity index (χ3v) is 4.96. The van der Waals surface area contributed by atoms with Crippen molar-refractivity contribution in [1.29, 1.82) is 0 Å². The van der Waals surface area contributed by atoms with E-state index in [0.717, 1.165) is 42.2 Å². The Hall–Kier alpha value is -2.53. The van der Waals surface area contributed by atoms with Gasteiger partial charge in [0.15, 0.2) is 5.96 Å². The Balaban J connectivity index is 1.54. The fourth-order valence-corrected chi connectivity index (χ4v) is 3.09. The fraction of sp³-hybridized carbons (Fsp3) is 0.435. The molecule has 0 aromatic heterocycles. The number of benzene rings is 2. The molecule has 0 bridgehead atoms. The van der Waals surface area contributed by atoms with Crippen LogP contribution in [0.2, 0.25) is 0 Å². The van der Waals surface area contributed by atoms with E-state index in [1.807, 2.05) is 55.5 Å². The van der Waals surface area contributed by atoms with Gasteiger partial charge in [0.05, 0.1) is 18.8 Å². The SMILES string of the molecule is CCNC(=NCc1ccccc1OC1CCC1)NCCC(O)c1ccccc1. The summed E-state index contributed by atoms with van der Waals surface area (Å²) in [4.78, 5) is 4.70. The molecule has 0 heterocycles. The van der Waals surface area contributed by atoms with Crippen molar-refractivity contribution in [3.63, 3.8) is 0 Å². The monoisotopic (exact) mass is 381 g/mol. The summed E-state index contributed by atoms with van der Waals surface area (Å²) in [5.74, 6) is 1.69. The van der Waals surface area contributed by atoms with Gasteiger partial charge in [-0.05, 0) is 44.2 Å². The lowest BCUT2D eigenvalue weighted by atomic mass is 9.96. The fourth-order valence-electron chi connectivity index (χ4n) is 3.09. The molecule has 1 saturated carbocycles. The van der Waals surface area contributed by atoms with Crippen LogP contribution in [0.1, 0.15) is 49.8 Å². The lowest BCUT2D eigenvalue weighted by molar-refractivity contribution is 0.119. The number of hydrogen-bond donors (Lipinski definition) is 3. The molecule has 0 saturated heterocycles. The van der Waals surface area contributed by atoms with E-state index >= 15 is 0 Å². The molecule has 3 N–H and O–H groups in total. The van der Waals surface area contributed by atoms with Crippen LogP contribution < -0.4 is 15.4 Å². The molecular weight excluding hydrogens is 350 g/mol. The number of para-hydroxylation sites is 1. The van der Waals surface area contributed by atoms with E-state index in [2.05, 4.69) is 16.7 Å². The number of aliphatic hydroxyl groups excluding tert-OH is 1. The van der Waals surface area contributed by atoms with Crippen molar-refractivity contribution in [3.8, 4) is 5.75 Å². The molecule has 0 aliphatic heterocycles. The number of rotatable bonds is 9. The van der Waals surface area contributed by atoms with Gasteiger partial charge in [0.2, 0.25) is 0 Å². The molecule has 0 radical (unpaired) electrons. The highest BCUT2D eigenvalue weighted by Gasteiger charge is 2.20. The first kappa shape index (κ1) is 20.2. The van der Waals surface area contributed by atoms with Gasteiger partial charge >= 0.3 is 0 Å². The van der Waals surface area contributed by atoms with Gasteiger partial charge in [0.1, 0.15) is 5.75 Å². The predicted octanol–water partition coefficient (Wildman–Crippen LogP) is 3.80. The van der Waals surface area contributed by atoms with E-state index in [9.17, 15) is 5.11 Å². The van der Waals surface area contributed by atoms with Crippen molar-refractivity contribution in [2.45, 2.75) is 51.4 Å². The van der Waals surface area contributed by atoms with Gasteiger partial charge in [-0.1, -0.05) is 48.5 Å². The number of aliphatic hydroxyl groups is 1. The molecule has 3 rings (SSSR count). The normalized spacial score (nSPS) is 15.6. The maximum absolute atomic E-state index is 10.3. The van der Waals surface area contributed by atoms with Crippen LogP contribution in [0.4, 0.5) is 0 Å². The average molecular weight is 382 g/mol. The minimum Gasteiger partial charge on any atom is -0.490 e. The maximum Gasteiger partial charge on any atom is 0.191 e. The van der Waals surface area contributed by atoms with Gasteiger partial charge in [-0.2, -0.15) is 0 Å². The van der Waals surface area contributed by atoms with Gasteiger partial charge in [0.25, 0.3) is 0 Å². The van der Waals surface area contributed by atoms with E-state index in [0.29, 0.717) is 25.6 Å². The third kappa shape index (κ3) is 5.99. The minimum absolute atomic E-state index is 0.357. The number of nitrogens with one attached hydrogen (secondary N) is 2. The molecule has 0 spiro atoms. The van der Waals surface area contributed by atoms with E-state index in [1.54, 1.807) is 0 Å². The first-order chi connectivity index (χ1) is 13.8. The van der Waals surface area contributed by atoms with Crippen molar-refractivity contribution < 1.29 is 9.84 Å². The zero-order valence-corrected chi connectivity index (χ0v) is 16.6. The molecular formula is C23H31N3O2. The summed E-state index contributed by atoms with van der Waals surface area (Å²) in [6.07, 6.45) is 4.05. The molecule has 5 heteroatoms. The molecule has 1 atom stereocenters. The van der Waals surface area contributed by atoms with E-state index in [4.69, 9.17) is 9.73 Å². The molecule has 28 heavy (non-hydrogen) atoms. The van der Waals surface area contributed by atoms with Crippen LogP contribution in [0.25, 0.3) is 0 Å². The van der Waals surface area contributed by atoms with Gasteiger partial charge in [-0.3, -0.25) is 0 Å². The molecule has 2 aromatic rings. The summed E-state index contributed by atoms with van der Waals surface area (Å²) in [5.41, 5.74) is 2.03. The highest BCUT2D eigenvalue weighted by Crippen LogP contribution is 2.27. The average Bonchev–Trinajstić information content (AvgIpc) is 2.70. The van der Waals surface area contributed by atoms with E-state index < -0.39 is 6.10 Å². The Morgan fingerprint density at radius 1 is 1.11 bits per heavy atom. The Bertz CT molecular complexity index is 745. The summed E-state index contributed by atoms with van der Waals surface area (Å²) >= 11 is 0. The Kier molecular flexibility index (Phi) is 7.73. The van der Waals surface area contributed by atoms with Crippen molar-refractivity contribution in [1.82, 2.24) is 10.6 Å². The van der Waals surface area contributed by atoms with E-state index in [1.165, 1.54) is 6.42 Å². The molecule has 1 aliphatic rings. The van der Waals surface area contributed by atoms with Crippen LogP contribution >= 0.6 is 0 Å². The van der Waals surface area contributed by atoms with Gasteiger partial charge in [-0.25, -0.2) is 4.99 Å². The summed E-state index contributed by atoms with van der Waals surface area (Å²) in [7, 11) is 0. The van der Waals surface area contributed by atoms with E-state index in [-0.39, 0.29) is 0 Å². The quantitative estimate of drug-likeness (QED) is 0.457. The lowest BCUT2D eigenvalue weighted by Gasteiger charge is -2.27. The van der Waals surface area contributed by atoms with Crippen molar-refractivity contribution in [2.75, 3.05) is 13.1 Å². The predicted molar refractivity (Wildman–Crippen MR) is 114 cm³/mol. The summed E-state index contributed by atoms with van der Waals surface area (Å²) < 4.78 is 6.09. The molecule has 1 unspecified atom stereocenters. The van der Waals surface area contributed by atoms with Crippen molar-refractivity contribution in [2.24, 2.45) is 4.99 Å². The third-order valence-electron chi connectivity index (χ3n) is 4.96. The summed E-state index contributed by atoms with van der Waals surface area (Å²) in [5, 5.41) is 16.9. The smallest absolute Gasteiger partial charge is 0.191 e. The Labute approximate surface area is 167 Å². The molecule has 5 nitrogen and oxygen atoms in total. The van der Waals surface area contributed by atoms with Crippen LogP contribution in [0.3, 0.4) is 0 Å². The Morgan fingerprint density at radius 3 is 2.57 bits per heavy atom. The van der Waals surface area contributed by atoms with Crippen LogP contribution in [-0.4, -0.2) is 30.3 Å². The van der Waals surface area contributed by atoms with Crippen LogP contribution in [0.15, 0.2) is 59.6 Å². The van der Waals surface area contributed by atoms with Crippen molar-refractivity contribution >= 4 is 5.96 Å². The maximum atomic E-state index is 10.3. The highest BCUT2D eigenvalue weighted by atomic mass is 16.5. The number of nitrogens with zero attached hydrogens (tertiary/aromatic N) is 1. The van der Waals surface area contributed by atoms with Crippen LogP contribution in [-0.2, 0) is 6.54 Å². The second-order valence-electron chi connectivity index (χ2n) is 7.12. The Morgan fingerprint density at radius 2 is 1.86 bits per heavy atom. The molecule has 0 amide bonds. The number of hydrogen-bond acceptors (Lipinski definition) is 3. The van der Waals surface area contributed by atoms with Gasteiger partial charge in [0, 0.05) is 18.7 Å².